The molecule has 0 bridgehead atoms. The highest BCUT2D eigenvalue weighted by Gasteiger charge is 2.12. The third-order valence-corrected chi connectivity index (χ3v) is 5.84. The van der Waals surface area contributed by atoms with Gasteiger partial charge in [-0.3, -0.25) is 4.79 Å². The van der Waals surface area contributed by atoms with Crippen LogP contribution >= 0.6 is 11.6 Å². The van der Waals surface area contributed by atoms with Gasteiger partial charge >= 0.3 is 0 Å². The van der Waals surface area contributed by atoms with Gasteiger partial charge in [0.15, 0.2) is 6.61 Å². The lowest BCUT2D eigenvalue weighted by molar-refractivity contribution is -0.123. The van der Waals surface area contributed by atoms with Gasteiger partial charge in [0.05, 0.1) is 11.2 Å². The van der Waals surface area contributed by atoms with Crippen molar-refractivity contribution in [2.24, 2.45) is 5.10 Å². The van der Waals surface area contributed by atoms with E-state index >= 15 is 0 Å². The van der Waals surface area contributed by atoms with Crippen LogP contribution in [0.15, 0.2) is 71.8 Å². The zero-order valence-corrected chi connectivity index (χ0v) is 19.1. The molecule has 32 heavy (non-hydrogen) atoms. The maximum Gasteiger partial charge on any atom is 0.277 e. The molecule has 0 spiro atoms. The van der Waals surface area contributed by atoms with Gasteiger partial charge in [0.25, 0.3) is 5.91 Å². The number of nitrogens with zero attached hydrogens (tertiary/aromatic N) is 1. The topological polar surface area (TPSA) is 50.7 Å². The number of amides is 1. The molecule has 0 saturated carbocycles. The van der Waals surface area contributed by atoms with E-state index in [0.29, 0.717) is 10.9 Å². The van der Waals surface area contributed by atoms with Gasteiger partial charge in [0.1, 0.15) is 5.75 Å². The maximum absolute atomic E-state index is 12.4. The predicted octanol–water partition coefficient (Wildman–Crippen LogP) is 6.61. The lowest BCUT2D eigenvalue weighted by atomic mass is 9.97. The van der Waals surface area contributed by atoms with Gasteiger partial charge in [-0.2, -0.15) is 5.10 Å². The van der Waals surface area contributed by atoms with Crippen LogP contribution in [0, 0.1) is 6.92 Å². The second-order valence-corrected chi connectivity index (χ2v) is 8.47. The molecule has 4 aromatic rings. The first kappa shape index (κ1) is 21.8. The zero-order valence-electron chi connectivity index (χ0n) is 18.4. The highest BCUT2D eigenvalue weighted by atomic mass is 35.5. The number of nitrogens with one attached hydrogen (secondary N) is 1. The third kappa shape index (κ3) is 4.46. The Kier molecular flexibility index (Phi) is 6.42. The number of carbonyl (C=O) groups is 1. The van der Waals surface area contributed by atoms with Crippen molar-refractivity contribution >= 4 is 45.3 Å². The van der Waals surface area contributed by atoms with Crippen molar-refractivity contribution in [1.29, 1.82) is 0 Å². The minimum atomic E-state index is -0.320. The molecular formula is C27H25ClN2O2. The molecule has 4 nitrogen and oxygen atoms in total. The van der Waals surface area contributed by atoms with Crippen LogP contribution in [-0.2, 0) is 4.79 Å². The Morgan fingerprint density at radius 1 is 1.00 bits per heavy atom. The summed E-state index contributed by atoms with van der Waals surface area (Å²) in [4.78, 5) is 12.4. The van der Waals surface area contributed by atoms with Gasteiger partial charge in [-0.1, -0.05) is 91.7 Å². The lowest BCUT2D eigenvalue weighted by Crippen LogP contribution is -2.25. The van der Waals surface area contributed by atoms with E-state index in [0.717, 1.165) is 44.0 Å². The Morgan fingerprint density at radius 2 is 1.59 bits per heavy atom. The molecule has 0 saturated heterocycles. The largest absolute Gasteiger partial charge is 0.483 e. The second kappa shape index (κ2) is 9.41. The summed E-state index contributed by atoms with van der Waals surface area (Å²) in [7, 11) is 0. The summed E-state index contributed by atoms with van der Waals surface area (Å²) in [5, 5.41) is 8.77. The molecule has 0 unspecified atom stereocenters. The molecule has 0 heterocycles. The van der Waals surface area contributed by atoms with E-state index in [9.17, 15) is 4.79 Å². The zero-order chi connectivity index (χ0) is 22.7. The number of fused-ring (bicyclic) bond motifs is 2. The number of hydrogen-bond acceptors (Lipinski definition) is 3. The van der Waals surface area contributed by atoms with Gasteiger partial charge in [-0.15, -0.1) is 0 Å². The highest BCUT2D eigenvalue weighted by Crippen LogP contribution is 2.35. The number of rotatable bonds is 6. The lowest BCUT2D eigenvalue weighted by Gasteiger charge is -2.14. The number of ether oxygens (including phenoxy) is 1. The summed E-state index contributed by atoms with van der Waals surface area (Å²) in [6, 6.07) is 21.8. The monoisotopic (exact) mass is 444 g/mol. The summed E-state index contributed by atoms with van der Waals surface area (Å²) in [5.41, 5.74) is 5.73. The van der Waals surface area contributed by atoms with Crippen molar-refractivity contribution in [3.8, 4) is 5.75 Å². The van der Waals surface area contributed by atoms with Crippen molar-refractivity contribution < 1.29 is 9.53 Å². The number of halogens is 1. The van der Waals surface area contributed by atoms with Crippen LogP contribution in [0.25, 0.3) is 21.5 Å². The van der Waals surface area contributed by atoms with Gasteiger partial charge in [0, 0.05) is 16.3 Å². The number of carbonyl (C=O) groups excluding carboxylic acids is 1. The van der Waals surface area contributed by atoms with Crippen LogP contribution in [0.4, 0.5) is 0 Å². The van der Waals surface area contributed by atoms with Crippen LogP contribution in [0.5, 0.6) is 5.75 Å². The Morgan fingerprint density at radius 3 is 2.19 bits per heavy atom. The Labute approximate surface area is 192 Å². The molecule has 1 N–H and O–H groups in total. The summed E-state index contributed by atoms with van der Waals surface area (Å²) in [6.07, 6.45) is 1.67. The predicted molar refractivity (Wildman–Crippen MR) is 133 cm³/mol. The molecule has 0 aliphatic rings. The molecule has 162 valence electrons. The molecule has 5 heteroatoms. The third-order valence-electron chi connectivity index (χ3n) is 5.44. The first-order chi connectivity index (χ1) is 15.5. The van der Waals surface area contributed by atoms with Crippen molar-refractivity contribution in [1.82, 2.24) is 5.43 Å². The van der Waals surface area contributed by atoms with E-state index < -0.39 is 0 Å². The summed E-state index contributed by atoms with van der Waals surface area (Å²) >= 11 is 6.64. The standard InChI is InChI=1S/C27H25ClN2O2/c1-17(2)23-14-18(3)12-13-25(23)32-16-26(31)30-29-15-24-19-8-4-6-10-21(19)27(28)22-11-7-5-9-20(22)24/h4-15,17H,16H2,1-3H3,(H,30,31). The van der Waals surface area contributed by atoms with E-state index in [4.69, 9.17) is 16.3 Å². The fourth-order valence-electron chi connectivity index (χ4n) is 3.84. The van der Waals surface area contributed by atoms with Gasteiger partial charge in [0.2, 0.25) is 0 Å². The van der Waals surface area contributed by atoms with E-state index in [1.807, 2.05) is 67.6 Å². The van der Waals surface area contributed by atoms with E-state index in [-0.39, 0.29) is 12.5 Å². The summed E-state index contributed by atoms with van der Waals surface area (Å²) in [6.45, 7) is 6.14. The summed E-state index contributed by atoms with van der Waals surface area (Å²) < 4.78 is 5.77. The molecule has 0 aromatic heterocycles. The first-order valence-corrected chi connectivity index (χ1v) is 11.0. The van der Waals surface area contributed by atoms with Crippen LogP contribution in [-0.4, -0.2) is 18.7 Å². The first-order valence-electron chi connectivity index (χ1n) is 10.6. The quantitative estimate of drug-likeness (QED) is 0.207. The average Bonchev–Trinajstić information content (AvgIpc) is 2.80. The Balaban J connectivity index is 1.53. The van der Waals surface area contributed by atoms with Crippen molar-refractivity contribution in [2.45, 2.75) is 26.7 Å². The van der Waals surface area contributed by atoms with E-state index in [1.54, 1.807) is 6.21 Å². The molecule has 4 rings (SSSR count). The minimum absolute atomic E-state index is 0.109. The smallest absolute Gasteiger partial charge is 0.277 e. The number of benzene rings is 4. The minimum Gasteiger partial charge on any atom is -0.483 e. The van der Waals surface area contributed by atoms with E-state index in [2.05, 4.69) is 30.4 Å². The van der Waals surface area contributed by atoms with Crippen LogP contribution in [0.1, 0.15) is 36.5 Å². The van der Waals surface area contributed by atoms with Crippen molar-refractivity contribution in [3.63, 3.8) is 0 Å². The van der Waals surface area contributed by atoms with Gasteiger partial charge < -0.3 is 4.74 Å². The molecular weight excluding hydrogens is 420 g/mol. The maximum atomic E-state index is 12.4. The highest BCUT2D eigenvalue weighted by molar-refractivity contribution is 6.42. The van der Waals surface area contributed by atoms with E-state index in [1.165, 1.54) is 0 Å². The SMILES string of the molecule is Cc1ccc(OCC(=O)NN=Cc2c3ccccc3c(Cl)c3ccccc23)c(C(C)C)c1. The molecule has 4 aromatic carbocycles. The van der Waals surface area contributed by atoms with Gasteiger partial charge in [-0.05, 0) is 35.2 Å². The van der Waals surface area contributed by atoms with Crippen LogP contribution in [0.2, 0.25) is 5.02 Å². The summed E-state index contributed by atoms with van der Waals surface area (Å²) in [5.74, 6) is 0.705. The Bertz CT molecular complexity index is 1270. The molecule has 0 atom stereocenters. The van der Waals surface area contributed by atoms with Gasteiger partial charge in [-0.25, -0.2) is 5.43 Å². The molecule has 0 aliphatic carbocycles. The fraction of sp³-hybridized carbons (Fsp3) is 0.185. The Hall–Kier alpha value is -3.37. The second-order valence-electron chi connectivity index (χ2n) is 8.10. The molecule has 0 aliphatic heterocycles. The number of hydrazone groups is 1. The van der Waals surface area contributed by atoms with Crippen LogP contribution < -0.4 is 10.2 Å². The molecule has 0 fully saturated rings. The number of hydrogen-bond donors (Lipinski definition) is 1. The molecule has 0 radical (unpaired) electrons. The van der Waals surface area contributed by atoms with Crippen molar-refractivity contribution in [3.05, 3.63) is 88.4 Å². The van der Waals surface area contributed by atoms with Crippen molar-refractivity contribution in [2.75, 3.05) is 6.61 Å². The molecule has 1 amide bonds. The average molecular weight is 445 g/mol. The number of aryl methyl sites for hydroxylation is 1. The normalized spacial score (nSPS) is 11.5. The van der Waals surface area contributed by atoms with Crippen LogP contribution in [0.3, 0.4) is 0 Å². The fourth-order valence-corrected chi connectivity index (χ4v) is 4.17.